The van der Waals surface area contributed by atoms with Gasteiger partial charge in [0.05, 0.1) is 35.8 Å². The normalized spacial score (nSPS) is 20.0. The number of hydrogen-bond acceptors (Lipinski definition) is 10. The first-order valence-corrected chi connectivity index (χ1v) is 13.3. The van der Waals surface area contributed by atoms with Gasteiger partial charge in [-0.3, -0.25) is 19.1 Å². The first-order chi connectivity index (χ1) is 18.0. The molecule has 1 saturated heterocycles. The largest absolute Gasteiger partial charge is 0.481 e. The summed E-state index contributed by atoms with van der Waals surface area (Å²) < 4.78 is 12.6. The lowest BCUT2D eigenvalue weighted by Crippen LogP contribution is -2.47. The molecule has 0 bridgehead atoms. The van der Waals surface area contributed by atoms with E-state index in [-0.39, 0.29) is 17.6 Å². The summed E-state index contributed by atoms with van der Waals surface area (Å²) in [5, 5.41) is 6.37. The standard InChI is InChI=1S/C25H31N7O4S/c1-35-18-9-16(10-26-11-17-3-5-20-24(28-17)29-21(33)15-37-20)13-31(14-18)7-8-32-23(34)12-27-19-4-6-22(36-2)30-25(19)32/h3-6,12,16,18,26H,7-11,13-15H2,1-2H3,(H,28,29,33)/t16-,18-/m0/s1. The molecule has 12 heteroatoms. The topological polar surface area (TPSA) is 124 Å². The van der Waals surface area contributed by atoms with Crippen molar-refractivity contribution in [2.75, 3.05) is 51.5 Å². The minimum absolute atomic E-state index is 0.0139. The van der Waals surface area contributed by atoms with Gasteiger partial charge in [-0.2, -0.15) is 4.98 Å². The molecule has 5 rings (SSSR count). The van der Waals surface area contributed by atoms with E-state index in [1.165, 1.54) is 18.0 Å². The van der Waals surface area contributed by atoms with Crippen LogP contribution in [0.2, 0.25) is 0 Å². The van der Waals surface area contributed by atoms with Crippen LogP contribution < -0.4 is 20.9 Å². The second-order valence-corrected chi connectivity index (χ2v) is 10.3. The fourth-order valence-electron chi connectivity index (χ4n) is 4.85. The van der Waals surface area contributed by atoms with E-state index in [0.717, 1.165) is 36.6 Å². The summed E-state index contributed by atoms with van der Waals surface area (Å²) in [6, 6.07) is 7.57. The minimum Gasteiger partial charge on any atom is -0.481 e. The van der Waals surface area contributed by atoms with Gasteiger partial charge in [0, 0.05) is 45.9 Å². The number of aromatic nitrogens is 4. The fraction of sp³-hybridized carbons (Fsp3) is 0.480. The highest BCUT2D eigenvalue weighted by Crippen LogP contribution is 2.29. The fourth-order valence-corrected chi connectivity index (χ4v) is 5.61. The highest BCUT2D eigenvalue weighted by atomic mass is 32.2. The number of nitrogens with one attached hydrogen (secondary N) is 2. The Hall–Kier alpha value is -3.06. The molecule has 0 aromatic carbocycles. The van der Waals surface area contributed by atoms with Crippen molar-refractivity contribution in [2.45, 2.75) is 30.5 Å². The monoisotopic (exact) mass is 525 g/mol. The van der Waals surface area contributed by atoms with Crippen molar-refractivity contribution in [1.82, 2.24) is 29.7 Å². The van der Waals surface area contributed by atoms with Crippen LogP contribution in [-0.2, 0) is 22.6 Å². The molecule has 37 heavy (non-hydrogen) atoms. The molecule has 2 aliphatic rings. The molecule has 0 saturated carbocycles. The number of rotatable bonds is 9. The van der Waals surface area contributed by atoms with Gasteiger partial charge in [-0.1, -0.05) is 0 Å². The van der Waals surface area contributed by atoms with Crippen LogP contribution in [0.4, 0.5) is 5.82 Å². The minimum atomic E-state index is -0.182. The number of carbonyl (C=O) groups excluding carboxylic acids is 1. The van der Waals surface area contributed by atoms with Crippen molar-refractivity contribution in [3.8, 4) is 5.88 Å². The van der Waals surface area contributed by atoms with Crippen molar-refractivity contribution in [3.63, 3.8) is 0 Å². The number of methoxy groups -OCH3 is 2. The number of nitrogens with zero attached hydrogens (tertiary/aromatic N) is 5. The van der Waals surface area contributed by atoms with Crippen LogP contribution in [0.1, 0.15) is 12.1 Å². The van der Waals surface area contributed by atoms with Crippen molar-refractivity contribution in [3.05, 3.63) is 46.5 Å². The summed E-state index contributed by atoms with van der Waals surface area (Å²) in [6.07, 6.45) is 2.43. The van der Waals surface area contributed by atoms with Gasteiger partial charge in [-0.05, 0) is 37.1 Å². The molecule has 2 atom stereocenters. The molecule has 2 N–H and O–H groups in total. The van der Waals surface area contributed by atoms with E-state index >= 15 is 0 Å². The highest BCUT2D eigenvalue weighted by molar-refractivity contribution is 8.00. The Balaban J connectivity index is 1.20. The zero-order valence-electron chi connectivity index (χ0n) is 21.0. The Labute approximate surface area is 219 Å². The first-order valence-electron chi connectivity index (χ1n) is 12.3. The van der Waals surface area contributed by atoms with Gasteiger partial charge in [0.1, 0.15) is 11.3 Å². The number of hydrogen-bond donors (Lipinski definition) is 2. The lowest BCUT2D eigenvalue weighted by atomic mass is 9.95. The van der Waals surface area contributed by atoms with E-state index in [4.69, 9.17) is 9.47 Å². The van der Waals surface area contributed by atoms with Gasteiger partial charge in [-0.15, -0.1) is 11.8 Å². The second kappa shape index (κ2) is 11.5. The van der Waals surface area contributed by atoms with Crippen LogP contribution >= 0.6 is 11.8 Å². The Morgan fingerprint density at radius 1 is 1.14 bits per heavy atom. The maximum Gasteiger partial charge on any atom is 0.270 e. The molecule has 3 aromatic heterocycles. The van der Waals surface area contributed by atoms with E-state index in [1.54, 1.807) is 24.9 Å². The van der Waals surface area contributed by atoms with Crippen molar-refractivity contribution >= 4 is 34.7 Å². The lowest BCUT2D eigenvalue weighted by Gasteiger charge is -2.37. The molecule has 2 aliphatic heterocycles. The Morgan fingerprint density at radius 2 is 2.03 bits per heavy atom. The Kier molecular flexibility index (Phi) is 7.99. The summed E-state index contributed by atoms with van der Waals surface area (Å²) in [7, 11) is 3.30. The number of ether oxygens (including phenoxy) is 2. The van der Waals surface area contributed by atoms with E-state index in [2.05, 4.69) is 30.5 Å². The molecule has 196 valence electrons. The second-order valence-electron chi connectivity index (χ2n) is 9.28. The summed E-state index contributed by atoms with van der Waals surface area (Å²) in [5.74, 6) is 1.90. The number of piperidine rings is 1. The number of fused-ring (bicyclic) bond motifs is 2. The highest BCUT2D eigenvalue weighted by Gasteiger charge is 2.27. The smallest absolute Gasteiger partial charge is 0.270 e. The molecule has 0 spiro atoms. The summed E-state index contributed by atoms with van der Waals surface area (Å²) in [4.78, 5) is 40.9. The van der Waals surface area contributed by atoms with Gasteiger partial charge >= 0.3 is 0 Å². The van der Waals surface area contributed by atoms with Crippen LogP contribution in [0.5, 0.6) is 5.88 Å². The van der Waals surface area contributed by atoms with Gasteiger partial charge in [0.15, 0.2) is 5.65 Å². The molecule has 0 aliphatic carbocycles. The summed E-state index contributed by atoms with van der Waals surface area (Å²) >= 11 is 1.51. The Morgan fingerprint density at radius 3 is 2.86 bits per heavy atom. The molecule has 0 unspecified atom stereocenters. The average molecular weight is 526 g/mol. The summed E-state index contributed by atoms with van der Waals surface area (Å²) in [5.41, 5.74) is 1.89. The maximum atomic E-state index is 12.6. The van der Waals surface area contributed by atoms with Crippen LogP contribution in [0, 0.1) is 5.92 Å². The number of amides is 1. The Bertz CT molecular complexity index is 1330. The van der Waals surface area contributed by atoms with E-state index < -0.39 is 0 Å². The quantitative estimate of drug-likeness (QED) is 0.423. The van der Waals surface area contributed by atoms with Gasteiger partial charge in [-0.25, -0.2) is 9.97 Å². The SMILES string of the molecule is COc1ccc2ncc(=O)n(CCN3C[C@H](CNCc4ccc5c(n4)NC(=O)CS5)C[C@H](OC)C3)c2n1. The zero-order chi connectivity index (χ0) is 25.8. The predicted octanol–water partition coefficient (Wildman–Crippen LogP) is 1.37. The average Bonchev–Trinajstić information content (AvgIpc) is 2.91. The van der Waals surface area contributed by atoms with Crippen LogP contribution in [0.15, 0.2) is 40.2 Å². The molecular weight excluding hydrogens is 494 g/mol. The van der Waals surface area contributed by atoms with Crippen molar-refractivity contribution in [2.24, 2.45) is 5.92 Å². The van der Waals surface area contributed by atoms with E-state index in [9.17, 15) is 9.59 Å². The number of pyridine rings is 2. The molecule has 5 heterocycles. The third kappa shape index (κ3) is 6.09. The number of carbonyl (C=O) groups is 1. The maximum absolute atomic E-state index is 12.6. The van der Waals surface area contributed by atoms with Crippen LogP contribution in [-0.4, -0.2) is 82.6 Å². The predicted molar refractivity (Wildman–Crippen MR) is 141 cm³/mol. The van der Waals surface area contributed by atoms with E-state index in [0.29, 0.717) is 54.2 Å². The first kappa shape index (κ1) is 25.6. The summed E-state index contributed by atoms with van der Waals surface area (Å²) in [6.45, 7) is 4.33. The molecule has 1 fully saturated rings. The van der Waals surface area contributed by atoms with Crippen LogP contribution in [0.25, 0.3) is 11.2 Å². The third-order valence-corrected chi connectivity index (χ3v) is 7.74. The number of thioether (sulfide) groups is 1. The van der Waals surface area contributed by atoms with Crippen molar-refractivity contribution in [1.29, 1.82) is 0 Å². The van der Waals surface area contributed by atoms with E-state index in [1.807, 2.05) is 18.2 Å². The lowest BCUT2D eigenvalue weighted by molar-refractivity contribution is -0.113. The molecule has 1 amide bonds. The zero-order valence-corrected chi connectivity index (χ0v) is 21.8. The van der Waals surface area contributed by atoms with Gasteiger partial charge < -0.3 is 20.1 Å². The molecule has 3 aromatic rings. The molecule has 11 nitrogen and oxygen atoms in total. The number of anilines is 1. The van der Waals surface area contributed by atoms with Gasteiger partial charge in [0.25, 0.3) is 5.56 Å². The third-order valence-electron chi connectivity index (χ3n) is 6.69. The molecular formula is C25H31N7O4S. The van der Waals surface area contributed by atoms with Crippen molar-refractivity contribution < 1.29 is 14.3 Å². The van der Waals surface area contributed by atoms with Gasteiger partial charge in [0.2, 0.25) is 11.8 Å². The van der Waals surface area contributed by atoms with Crippen LogP contribution in [0.3, 0.4) is 0 Å². The number of likely N-dealkylation sites (tertiary alicyclic amines) is 1. The molecule has 0 radical (unpaired) electrons.